The van der Waals surface area contributed by atoms with Crippen molar-refractivity contribution in [1.82, 2.24) is 10.0 Å². The Morgan fingerprint density at radius 2 is 1.78 bits per heavy atom. The number of esters is 1. The van der Waals surface area contributed by atoms with E-state index in [1.807, 2.05) is 51.1 Å². The first-order chi connectivity index (χ1) is 17.7. The summed E-state index contributed by atoms with van der Waals surface area (Å²) in [4.78, 5) is 50.7. The quantitative estimate of drug-likeness (QED) is 0.420. The number of anilines is 2. The molecule has 1 aromatic carbocycles. The van der Waals surface area contributed by atoms with Crippen LogP contribution in [-0.2, 0) is 14.4 Å². The van der Waals surface area contributed by atoms with Crippen molar-refractivity contribution in [3.05, 3.63) is 52.3 Å². The van der Waals surface area contributed by atoms with Gasteiger partial charge in [-0.25, -0.2) is 14.6 Å². The Labute approximate surface area is 224 Å². The van der Waals surface area contributed by atoms with Gasteiger partial charge in [-0.2, -0.15) is 0 Å². The number of thiazole rings is 1. The van der Waals surface area contributed by atoms with Gasteiger partial charge in [0.1, 0.15) is 15.6 Å². The van der Waals surface area contributed by atoms with Crippen LogP contribution in [0.15, 0.2) is 41.8 Å². The number of carbonyl (C=O) groups excluding carboxylic acids is 3. The van der Waals surface area contributed by atoms with Gasteiger partial charge in [-0.05, 0) is 52.0 Å². The molecule has 0 unspecified atom stereocenters. The summed E-state index contributed by atoms with van der Waals surface area (Å²) in [5.74, 6) is -0.927. The maximum absolute atomic E-state index is 13.0. The van der Waals surface area contributed by atoms with E-state index in [0.29, 0.717) is 54.1 Å². The zero-order valence-corrected chi connectivity index (χ0v) is 22.9. The standard InChI is InChI=1S/C26H30N4O5S2/c1-5-34-24(32)21-11-10-20(37-21)23-28-18(16-36-23)22(31)27-17-8-6-7-9-19(17)29-12-14-30(15-13-29)35-25(33)26(2,3)4/h6-11,16H,5,12-15H2,1-4H3,(H,27,31). The molecule has 1 fully saturated rings. The minimum atomic E-state index is -0.559. The van der Waals surface area contributed by atoms with Gasteiger partial charge < -0.3 is 19.8 Å². The molecule has 1 N–H and O–H groups in total. The molecule has 2 aromatic heterocycles. The van der Waals surface area contributed by atoms with Gasteiger partial charge >= 0.3 is 11.9 Å². The van der Waals surface area contributed by atoms with E-state index in [2.05, 4.69) is 15.2 Å². The molecule has 0 atom stereocenters. The lowest BCUT2D eigenvalue weighted by molar-refractivity contribution is -0.201. The van der Waals surface area contributed by atoms with E-state index >= 15 is 0 Å². The van der Waals surface area contributed by atoms with E-state index < -0.39 is 5.41 Å². The highest BCUT2D eigenvalue weighted by Gasteiger charge is 2.28. The Balaban J connectivity index is 1.40. The van der Waals surface area contributed by atoms with Gasteiger partial charge in [0.2, 0.25) is 0 Å². The molecule has 0 bridgehead atoms. The second-order valence-corrected chi connectivity index (χ2v) is 11.4. The Bertz CT molecular complexity index is 1270. The maximum Gasteiger partial charge on any atom is 0.348 e. The van der Waals surface area contributed by atoms with E-state index in [4.69, 9.17) is 9.57 Å². The summed E-state index contributed by atoms with van der Waals surface area (Å²) in [6.45, 7) is 9.99. The average Bonchev–Trinajstić information content (AvgIpc) is 3.55. The van der Waals surface area contributed by atoms with E-state index in [-0.39, 0.29) is 17.8 Å². The molecule has 3 heterocycles. The highest BCUT2D eigenvalue weighted by molar-refractivity contribution is 7.22. The molecule has 0 radical (unpaired) electrons. The number of hydrogen-bond acceptors (Lipinski definition) is 10. The number of hydrogen-bond donors (Lipinski definition) is 1. The summed E-state index contributed by atoms with van der Waals surface area (Å²) < 4.78 is 5.05. The number of hydroxylamine groups is 2. The zero-order chi connectivity index (χ0) is 26.6. The zero-order valence-electron chi connectivity index (χ0n) is 21.3. The third-order valence-electron chi connectivity index (χ3n) is 5.59. The minimum absolute atomic E-state index is 0.254. The Hall–Kier alpha value is -3.28. The Kier molecular flexibility index (Phi) is 8.25. The molecule has 1 saturated heterocycles. The van der Waals surface area contributed by atoms with Crippen molar-refractivity contribution < 1.29 is 24.0 Å². The summed E-state index contributed by atoms with van der Waals surface area (Å²) in [6.07, 6.45) is 0. The third kappa shape index (κ3) is 6.54. The molecular weight excluding hydrogens is 512 g/mol. The topological polar surface area (TPSA) is 101 Å². The van der Waals surface area contributed by atoms with Gasteiger partial charge in [0, 0.05) is 18.5 Å². The fraction of sp³-hybridized carbons (Fsp3) is 0.385. The van der Waals surface area contributed by atoms with Crippen LogP contribution in [0.2, 0.25) is 0 Å². The number of thiophene rings is 1. The third-order valence-corrected chi connectivity index (χ3v) is 7.66. The number of para-hydroxylation sites is 2. The number of nitrogens with zero attached hydrogens (tertiary/aromatic N) is 3. The molecule has 0 aliphatic carbocycles. The van der Waals surface area contributed by atoms with Crippen LogP contribution in [0.1, 0.15) is 47.9 Å². The lowest BCUT2D eigenvalue weighted by Gasteiger charge is -2.36. The van der Waals surface area contributed by atoms with Gasteiger partial charge in [0.05, 0.1) is 41.4 Å². The molecule has 196 valence electrons. The monoisotopic (exact) mass is 542 g/mol. The second-order valence-electron chi connectivity index (χ2n) is 9.44. The molecule has 11 heteroatoms. The molecule has 1 aliphatic heterocycles. The summed E-state index contributed by atoms with van der Waals surface area (Å²) in [6, 6.07) is 11.1. The van der Waals surface area contributed by atoms with Crippen molar-refractivity contribution in [2.24, 2.45) is 5.41 Å². The van der Waals surface area contributed by atoms with Crippen LogP contribution in [0.3, 0.4) is 0 Å². The number of ether oxygens (including phenoxy) is 1. The summed E-state index contributed by atoms with van der Waals surface area (Å²) in [7, 11) is 0. The fourth-order valence-electron chi connectivity index (χ4n) is 3.57. The van der Waals surface area contributed by atoms with Crippen LogP contribution in [0.25, 0.3) is 9.88 Å². The number of benzene rings is 1. The number of carbonyl (C=O) groups is 3. The number of rotatable bonds is 7. The second kappa shape index (κ2) is 11.4. The minimum Gasteiger partial charge on any atom is -0.462 e. The number of nitrogens with one attached hydrogen (secondary N) is 1. The summed E-state index contributed by atoms with van der Waals surface area (Å²) in [5.41, 5.74) is 1.32. The SMILES string of the molecule is CCOC(=O)c1ccc(-c2nc(C(=O)Nc3ccccc3N3CCN(OC(=O)C(C)(C)C)CC3)cs2)s1. The lowest BCUT2D eigenvalue weighted by Crippen LogP contribution is -2.48. The molecule has 37 heavy (non-hydrogen) atoms. The van der Waals surface area contributed by atoms with E-state index in [1.165, 1.54) is 22.7 Å². The molecule has 3 aromatic rings. The van der Waals surface area contributed by atoms with Crippen LogP contribution in [0.5, 0.6) is 0 Å². The van der Waals surface area contributed by atoms with Gasteiger partial charge in [-0.15, -0.1) is 27.7 Å². The van der Waals surface area contributed by atoms with Crippen LogP contribution in [0.4, 0.5) is 11.4 Å². The van der Waals surface area contributed by atoms with Crippen molar-refractivity contribution in [1.29, 1.82) is 0 Å². The molecular formula is C26H30N4O5S2. The van der Waals surface area contributed by atoms with Crippen molar-refractivity contribution in [3.8, 4) is 9.88 Å². The van der Waals surface area contributed by atoms with Gasteiger partial charge in [0.25, 0.3) is 5.91 Å². The number of aromatic nitrogens is 1. The molecule has 0 saturated carbocycles. The van der Waals surface area contributed by atoms with Crippen molar-refractivity contribution >= 4 is 51.9 Å². The van der Waals surface area contributed by atoms with E-state index in [9.17, 15) is 14.4 Å². The van der Waals surface area contributed by atoms with Crippen LogP contribution in [0, 0.1) is 5.41 Å². The molecule has 1 amide bonds. The van der Waals surface area contributed by atoms with Crippen molar-refractivity contribution in [2.45, 2.75) is 27.7 Å². The maximum atomic E-state index is 13.0. The largest absolute Gasteiger partial charge is 0.462 e. The first kappa shape index (κ1) is 26.8. The summed E-state index contributed by atoms with van der Waals surface area (Å²) in [5, 5.41) is 7.06. The van der Waals surface area contributed by atoms with Crippen LogP contribution >= 0.6 is 22.7 Å². The summed E-state index contributed by atoms with van der Waals surface area (Å²) >= 11 is 2.64. The first-order valence-electron chi connectivity index (χ1n) is 12.0. The predicted molar refractivity (Wildman–Crippen MR) is 145 cm³/mol. The predicted octanol–water partition coefficient (Wildman–Crippen LogP) is 4.93. The van der Waals surface area contributed by atoms with Crippen LogP contribution in [-0.4, -0.2) is 60.7 Å². The van der Waals surface area contributed by atoms with Crippen molar-refractivity contribution in [3.63, 3.8) is 0 Å². The first-order valence-corrected chi connectivity index (χ1v) is 13.7. The fourth-order valence-corrected chi connectivity index (χ4v) is 5.34. The van der Waals surface area contributed by atoms with Gasteiger partial charge in [0.15, 0.2) is 0 Å². The van der Waals surface area contributed by atoms with Gasteiger partial charge in [-0.3, -0.25) is 4.79 Å². The average molecular weight is 543 g/mol. The molecule has 9 nitrogen and oxygen atoms in total. The number of amides is 1. The highest BCUT2D eigenvalue weighted by Crippen LogP contribution is 2.32. The smallest absolute Gasteiger partial charge is 0.348 e. The molecule has 0 spiro atoms. The van der Waals surface area contributed by atoms with E-state index in [0.717, 1.165) is 10.6 Å². The molecule has 1 aliphatic rings. The highest BCUT2D eigenvalue weighted by atomic mass is 32.1. The molecule has 4 rings (SSSR count). The Morgan fingerprint density at radius 1 is 1.05 bits per heavy atom. The Morgan fingerprint density at radius 3 is 2.49 bits per heavy atom. The number of piperazine rings is 1. The van der Waals surface area contributed by atoms with E-state index in [1.54, 1.807) is 23.4 Å². The van der Waals surface area contributed by atoms with Crippen molar-refractivity contribution in [2.75, 3.05) is 43.0 Å². The normalized spacial score (nSPS) is 14.3. The lowest BCUT2D eigenvalue weighted by atomic mass is 9.98. The van der Waals surface area contributed by atoms with Crippen LogP contribution < -0.4 is 10.2 Å². The van der Waals surface area contributed by atoms with Gasteiger partial charge in [-0.1, -0.05) is 12.1 Å².